The fraction of sp³-hybridized carbons (Fsp3) is 0.667. The summed E-state index contributed by atoms with van der Waals surface area (Å²) in [6.07, 6.45) is 1.42. The molecule has 2 atom stereocenters. The summed E-state index contributed by atoms with van der Waals surface area (Å²) in [5.74, 6) is 0. The zero-order valence-corrected chi connectivity index (χ0v) is 9.90. The summed E-state index contributed by atoms with van der Waals surface area (Å²) in [5, 5.41) is 23.4. The molecule has 1 aromatic rings. The molecule has 80 valence electrons. The third-order valence-electron chi connectivity index (χ3n) is 2.17. The Kier molecular flexibility index (Phi) is 4.10. The fourth-order valence-corrected chi connectivity index (χ4v) is 1.97. The van der Waals surface area contributed by atoms with Gasteiger partial charge in [0.25, 0.3) is 0 Å². The Morgan fingerprint density at radius 2 is 2.21 bits per heavy atom. The van der Waals surface area contributed by atoms with Crippen LogP contribution in [0.3, 0.4) is 0 Å². The smallest absolute Gasteiger partial charge is 0.123 e. The second kappa shape index (κ2) is 4.91. The summed E-state index contributed by atoms with van der Waals surface area (Å²) < 4.78 is 2.29. The molecule has 0 aliphatic rings. The van der Waals surface area contributed by atoms with Crippen LogP contribution in [-0.2, 0) is 7.05 Å². The number of aryl methyl sites for hydroxylation is 1. The molecule has 14 heavy (non-hydrogen) atoms. The highest BCUT2D eigenvalue weighted by Gasteiger charge is 2.22. The van der Waals surface area contributed by atoms with E-state index in [1.54, 1.807) is 17.9 Å². The second-order valence-electron chi connectivity index (χ2n) is 3.30. The molecule has 5 heteroatoms. The zero-order valence-electron chi connectivity index (χ0n) is 8.31. The van der Waals surface area contributed by atoms with Crippen LogP contribution in [0.15, 0.2) is 10.7 Å². The molecule has 2 unspecified atom stereocenters. The Hall–Kier alpha value is -0.390. The van der Waals surface area contributed by atoms with Gasteiger partial charge >= 0.3 is 0 Å². The summed E-state index contributed by atoms with van der Waals surface area (Å²) in [4.78, 5) is 0. The van der Waals surface area contributed by atoms with Crippen LogP contribution in [0.25, 0.3) is 0 Å². The predicted molar refractivity (Wildman–Crippen MR) is 56.8 cm³/mol. The van der Waals surface area contributed by atoms with Gasteiger partial charge in [0.05, 0.1) is 22.5 Å². The molecule has 2 N–H and O–H groups in total. The third-order valence-corrected chi connectivity index (χ3v) is 2.78. The van der Waals surface area contributed by atoms with Gasteiger partial charge in [-0.3, -0.25) is 4.68 Å². The zero-order chi connectivity index (χ0) is 10.7. The topological polar surface area (TPSA) is 58.3 Å². The van der Waals surface area contributed by atoms with Gasteiger partial charge in [0.2, 0.25) is 0 Å². The lowest BCUT2D eigenvalue weighted by Gasteiger charge is -2.17. The molecule has 0 spiro atoms. The Morgan fingerprint density at radius 1 is 1.57 bits per heavy atom. The molecule has 1 aromatic heterocycles. The number of halogens is 1. The largest absolute Gasteiger partial charge is 0.390 e. The SMILES string of the molecule is CCCC(O)C(O)c1c(Br)cnn1C. The lowest BCUT2D eigenvalue weighted by Crippen LogP contribution is -2.20. The van der Waals surface area contributed by atoms with Crippen LogP contribution in [0, 0.1) is 0 Å². The van der Waals surface area contributed by atoms with Crippen LogP contribution < -0.4 is 0 Å². The van der Waals surface area contributed by atoms with Crippen molar-refractivity contribution in [3.05, 3.63) is 16.4 Å². The lowest BCUT2D eigenvalue weighted by molar-refractivity contribution is 0.00801. The van der Waals surface area contributed by atoms with E-state index in [-0.39, 0.29) is 0 Å². The van der Waals surface area contributed by atoms with Crippen molar-refractivity contribution in [1.29, 1.82) is 0 Å². The molecule has 0 amide bonds. The first kappa shape index (κ1) is 11.7. The van der Waals surface area contributed by atoms with Crippen LogP contribution in [0.4, 0.5) is 0 Å². The average molecular weight is 263 g/mol. The van der Waals surface area contributed by atoms with E-state index >= 15 is 0 Å². The quantitative estimate of drug-likeness (QED) is 0.862. The summed E-state index contributed by atoms with van der Waals surface area (Å²) in [6, 6.07) is 0. The Balaban J connectivity index is 2.82. The molecule has 0 aliphatic carbocycles. The number of hydrogen-bond acceptors (Lipinski definition) is 3. The number of aliphatic hydroxyl groups excluding tert-OH is 2. The number of nitrogens with zero attached hydrogens (tertiary/aromatic N) is 2. The van der Waals surface area contributed by atoms with Crippen LogP contribution in [0.1, 0.15) is 31.6 Å². The van der Waals surface area contributed by atoms with E-state index in [9.17, 15) is 10.2 Å². The standard InChI is InChI=1S/C9H15BrN2O2/c1-3-4-7(13)9(14)8-6(10)5-11-12(8)2/h5,7,9,13-14H,3-4H2,1-2H3. The highest BCUT2D eigenvalue weighted by Crippen LogP contribution is 2.26. The molecule has 0 aromatic carbocycles. The Morgan fingerprint density at radius 3 is 2.64 bits per heavy atom. The molecule has 1 heterocycles. The minimum atomic E-state index is -0.878. The third kappa shape index (κ3) is 2.34. The monoisotopic (exact) mass is 262 g/mol. The van der Waals surface area contributed by atoms with Crippen LogP contribution in [0.5, 0.6) is 0 Å². The maximum Gasteiger partial charge on any atom is 0.123 e. The first-order valence-corrected chi connectivity index (χ1v) is 5.40. The highest BCUT2D eigenvalue weighted by molar-refractivity contribution is 9.10. The molecule has 0 radical (unpaired) electrons. The van der Waals surface area contributed by atoms with E-state index in [0.717, 1.165) is 10.9 Å². The Bertz CT molecular complexity index is 282. The number of aliphatic hydroxyl groups is 2. The molecular weight excluding hydrogens is 248 g/mol. The normalized spacial score (nSPS) is 15.5. The van der Waals surface area contributed by atoms with Crippen molar-refractivity contribution in [3.63, 3.8) is 0 Å². The van der Waals surface area contributed by atoms with E-state index in [1.165, 1.54) is 0 Å². The van der Waals surface area contributed by atoms with Crippen molar-refractivity contribution in [1.82, 2.24) is 9.78 Å². The maximum atomic E-state index is 9.83. The summed E-state index contributed by atoms with van der Waals surface area (Å²) >= 11 is 3.28. The number of aromatic nitrogens is 2. The van der Waals surface area contributed by atoms with E-state index in [2.05, 4.69) is 21.0 Å². The number of hydrogen-bond donors (Lipinski definition) is 2. The van der Waals surface area contributed by atoms with Gasteiger partial charge in [-0.05, 0) is 22.4 Å². The van der Waals surface area contributed by atoms with Crippen molar-refractivity contribution in [3.8, 4) is 0 Å². The lowest BCUT2D eigenvalue weighted by atomic mass is 10.1. The van der Waals surface area contributed by atoms with Crippen LogP contribution in [-0.4, -0.2) is 26.1 Å². The molecule has 0 bridgehead atoms. The molecule has 0 aliphatic heterocycles. The summed E-state index contributed by atoms with van der Waals surface area (Å²) in [7, 11) is 1.74. The average Bonchev–Trinajstić information content (AvgIpc) is 2.46. The maximum absolute atomic E-state index is 9.83. The highest BCUT2D eigenvalue weighted by atomic mass is 79.9. The van der Waals surface area contributed by atoms with Crippen molar-refractivity contribution in [2.75, 3.05) is 0 Å². The van der Waals surface area contributed by atoms with Crippen molar-refractivity contribution in [2.45, 2.75) is 32.0 Å². The second-order valence-corrected chi connectivity index (χ2v) is 4.16. The van der Waals surface area contributed by atoms with Gasteiger partial charge in [0.15, 0.2) is 0 Å². The van der Waals surface area contributed by atoms with Gasteiger partial charge in [-0.15, -0.1) is 0 Å². The van der Waals surface area contributed by atoms with Gasteiger partial charge in [-0.25, -0.2) is 0 Å². The van der Waals surface area contributed by atoms with Crippen molar-refractivity contribution in [2.24, 2.45) is 7.05 Å². The van der Waals surface area contributed by atoms with Crippen molar-refractivity contribution < 1.29 is 10.2 Å². The van der Waals surface area contributed by atoms with Crippen LogP contribution in [0.2, 0.25) is 0 Å². The summed E-state index contributed by atoms with van der Waals surface area (Å²) in [5.41, 5.74) is 0.617. The minimum absolute atomic E-state index is 0.582. The molecule has 0 saturated carbocycles. The fourth-order valence-electron chi connectivity index (χ4n) is 1.39. The van der Waals surface area contributed by atoms with E-state index in [1.807, 2.05) is 6.92 Å². The van der Waals surface area contributed by atoms with E-state index in [0.29, 0.717) is 12.1 Å². The summed E-state index contributed by atoms with van der Waals surface area (Å²) in [6.45, 7) is 1.97. The van der Waals surface area contributed by atoms with Gasteiger partial charge in [0.1, 0.15) is 6.10 Å². The molecular formula is C9H15BrN2O2. The predicted octanol–water partition coefficient (Wildman–Crippen LogP) is 1.38. The Labute approximate surface area is 91.7 Å². The number of rotatable bonds is 4. The minimum Gasteiger partial charge on any atom is -0.390 e. The van der Waals surface area contributed by atoms with Gasteiger partial charge in [-0.1, -0.05) is 13.3 Å². The van der Waals surface area contributed by atoms with Gasteiger partial charge in [-0.2, -0.15) is 5.10 Å². The van der Waals surface area contributed by atoms with Crippen LogP contribution >= 0.6 is 15.9 Å². The molecule has 0 fully saturated rings. The first-order valence-electron chi connectivity index (χ1n) is 4.61. The van der Waals surface area contributed by atoms with Gasteiger partial charge in [0, 0.05) is 7.05 Å². The molecule has 1 rings (SSSR count). The van der Waals surface area contributed by atoms with Crippen molar-refractivity contribution >= 4 is 15.9 Å². The molecule has 4 nitrogen and oxygen atoms in total. The first-order chi connectivity index (χ1) is 6.57. The molecule has 0 saturated heterocycles. The van der Waals surface area contributed by atoms with Gasteiger partial charge < -0.3 is 10.2 Å². The van der Waals surface area contributed by atoms with E-state index in [4.69, 9.17) is 0 Å². The van der Waals surface area contributed by atoms with E-state index < -0.39 is 12.2 Å².